The molecule has 0 aliphatic carbocycles. The molecule has 0 radical (unpaired) electrons. The van der Waals surface area contributed by atoms with Crippen molar-refractivity contribution in [3.63, 3.8) is 0 Å². The van der Waals surface area contributed by atoms with Gasteiger partial charge in [-0.3, -0.25) is 4.79 Å². The van der Waals surface area contributed by atoms with Gasteiger partial charge in [-0.1, -0.05) is 47.5 Å². The second kappa shape index (κ2) is 9.48. The van der Waals surface area contributed by atoms with Crippen LogP contribution in [0.2, 0.25) is 0 Å². The van der Waals surface area contributed by atoms with E-state index in [0.717, 1.165) is 18.5 Å². The summed E-state index contributed by atoms with van der Waals surface area (Å²) in [5.41, 5.74) is 0.526. The lowest BCUT2D eigenvalue weighted by molar-refractivity contribution is -0.129. The predicted molar refractivity (Wildman–Crippen MR) is 80.6 cm³/mol. The van der Waals surface area contributed by atoms with Crippen LogP contribution < -0.4 is 5.32 Å². The Morgan fingerprint density at radius 1 is 1.37 bits per heavy atom. The maximum atomic E-state index is 11.9. The largest absolute Gasteiger partial charge is 0.350 e. The van der Waals surface area contributed by atoms with Crippen LogP contribution in [0.15, 0.2) is 18.6 Å². The first kappa shape index (κ1) is 17.6. The maximum absolute atomic E-state index is 11.9. The number of rotatable bonds is 5. The zero-order valence-corrected chi connectivity index (χ0v) is 12.9. The van der Waals surface area contributed by atoms with E-state index in [1.54, 1.807) is 12.3 Å². The molecule has 4 heteroatoms. The fourth-order valence-corrected chi connectivity index (χ4v) is 1.57. The van der Waals surface area contributed by atoms with E-state index in [-0.39, 0.29) is 12.7 Å². The van der Waals surface area contributed by atoms with Crippen LogP contribution in [0.3, 0.4) is 0 Å². The molecule has 1 amide bonds. The van der Waals surface area contributed by atoms with E-state index in [1.807, 2.05) is 13.8 Å². The average molecular weight is 267 g/mol. The number of hydrogen-bond donors (Lipinski definition) is 1. The Hall–Kier alpha value is -1.45. The van der Waals surface area contributed by atoms with Gasteiger partial charge < -0.3 is 5.32 Å². The van der Waals surface area contributed by atoms with E-state index in [4.69, 9.17) is 0 Å². The predicted octanol–water partition coefficient (Wildman–Crippen LogP) is 3.58. The van der Waals surface area contributed by atoms with Crippen molar-refractivity contribution in [1.29, 1.82) is 0 Å². The van der Waals surface area contributed by atoms with E-state index in [2.05, 4.69) is 36.1 Å². The average Bonchev–Trinajstić information content (AvgIpc) is 2.38. The Balaban J connectivity index is 0. The molecular weight excluding hydrogens is 238 g/mol. The lowest BCUT2D eigenvalue weighted by Gasteiger charge is -2.22. The highest BCUT2D eigenvalue weighted by atomic mass is 16.2. The van der Waals surface area contributed by atoms with Crippen molar-refractivity contribution in [2.45, 2.75) is 60.4 Å². The second-order valence-corrected chi connectivity index (χ2v) is 5.22. The van der Waals surface area contributed by atoms with Crippen LogP contribution in [0.4, 0.5) is 0 Å². The van der Waals surface area contributed by atoms with Crippen molar-refractivity contribution in [1.82, 2.24) is 15.3 Å². The number of nitrogens with one attached hydrogen (secondary N) is 1. The van der Waals surface area contributed by atoms with Crippen molar-refractivity contribution in [3.8, 4) is 0 Å². The highest BCUT2D eigenvalue weighted by Crippen LogP contribution is 2.22. The topological polar surface area (TPSA) is 54.9 Å². The standard InChI is InChI=1S/C12H19N3O.C3H8.H2/c1-4-6-12(2,3)11(16)14-8-10-5-7-13-9-15-10;1-3-2;/h5,7,9H,4,6,8H2,1-3H3,(H,14,16);3H2,1-2H3;1H. The van der Waals surface area contributed by atoms with Crippen LogP contribution in [0.1, 0.15) is 61.0 Å². The first-order valence-electron chi connectivity index (χ1n) is 7.01. The zero-order valence-electron chi connectivity index (χ0n) is 12.9. The van der Waals surface area contributed by atoms with E-state index in [9.17, 15) is 4.79 Å². The zero-order chi connectivity index (χ0) is 14.7. The third-order valence-corrected chi connectivity index (χ3v) is 2.56. The number of carbonyl (C=O) groups is 1. The molecule has 0 unspecified atom stereocenters. The molecule has 0 atom stereocenters. The number of nitrogens with zero attached hydrogens (tertiary/aromatic N) is 2. The molecule has 0 saturated heterocycles. The summed E-state index contributed by atoms with van der Waals surface area (Å²) in [6, 6.07) is 1.80. The van der Waals surface area contributed by atoms with Crippen LogP contribution in [-0.4, -0.2) is 15.9 Å². The molecule has 1 aromatic heterocycles. The van der Waals surface area contributed by atoms with Crippen molar-refractivity contribution in [2.75, 3.05) is 0 Å². The van der Waals surface area contributed by atoms with Crippen molar-refractivity contribution in [2.24, 2.45) is 5.41 Å². The minimum absolute atomic E-state index is 0. The Kier molecular flexibility index (Phi) is 8.75. The summed E-state index contributed by atoms with van der Waals surface area (Å²) in [6.45, 7) is 10.7. The minimum atomic E-state index is -0.304. The van der Waals surface area contributed by atoms with Crippen LogP contribution in [-0.2, 0) is 11.3 Å². The molecule has 0 bridgehead atoms. The number of aromatic nitrogens is 2. The highest BCUT2D eigenvalue weighted by Gasteiger charge is 2.25. The second-order valence-electron chi connectivity index (χ2n) is 5.22. The minimum Gasteiger partial charge on any atom is -0.350 e. The van der Waals surface area contributed by atoms with Gasteiger partial charge in [0.15, 0.2) is 0 Å². The molecule has 19 heavy (non-hydrogen) atoms. The fraction of sp³-hybridized carbons (Fsp3) is 0.667. The summed E-state index contributed by atoms with van der Waals surface area (Å²) in [7, 11) is 0. The molecule has 4 nitrogen and oxygen atoms in total. The molecular formula is C15H29N3O. The summed E-state index contributed by atoms with van der Waals surface area (Å²) in [5.74, 6) is 0.0768. The van der Waals surface area contributed by atoms with E-state index in [1.165, 1.54) is 12.7 Å². The van der Waals surface area contributed by atoms with Crippen molar-refractivity contribution < 1.29 is 6.22 Å². The van der Waals surface area contributed by atoms with Gasteiger partial charge in [0.1, 0.15) is 6.33 Å². The van der Waals surface area contributed by atoms with Crippen LogP contribution in [0.5, 0.6) is 0 Å². The van der Waals surface area contributed by atoms with E-state index >= 15 is 0 Å². The molecule has 1 aromatic rings. The Bertz CT molecular complexity index is 355. The molecule has 0 aliphatic heterocycles. The summed E-state index contributed by atoms with van der Waals surface area (Å²) in [5, 5.41) is 2.89. The third kappa shape index (κ3) is 7.54. The van der Waals surface area contributed by atoms with Gasteiger partial charge in [0.05, 0.1) is 12.2 Å². The smallest absolute Gasteiger partial charge is 0.225 e. The Morgan fingerprint density at radius 3 is 2.47 bits per heavy atom. The summed E-state index contributed by atoms with van der Waals surface area (Å²) in [4.78, 5) is 19.8. The monoisotopic (exact) mass is 267 g/mol. The van der Waals surface area contributed by atoms with Crippen LogP contribution >= 0.6 is 0 Å². The van der Waals surface area contributed by atoms with Gasteiger partial charge >= 0.3 is 0 Å². The third-order valence-electron chi connectivity index (χ3n) is 2.56. The van der Waals surface area contributed by atoms with E-state index in [0.29, 0.717) is 6.54 Å². The molecule has 1 rings (SSSR count). The van der Waals surface area contributed by atoms with Crippen molar-refractivity contribution in [3.05, 3.63) is 24.3 Å². The van der Waals surface area contributed by atoms with E-state index < -0.39 is 0 Å². The maximum Gasteiger partial charge on any atom is 0.225 e. The number of hydrogen-bond acceptors (Lipinski definition) is 3. The molecule has 1 N–H and O–H groups in total. The lowest BCUT2D eigenvalue weighted by atomic mass is 9.87. The summed E-state index contributed by atoms with van der Waals surface area (Å²) >= 11 is 0. The van der Waals surface area contributed by atoms with Crippen molar-refractivity contribution >= 4 is 5.91 Å². The molecule has 0 spiro atoms. The van der Waals surface area contributed by atoms with Crippen LogP contribution in [0.25, 0.3) is 0 Å². The van der Waals surface area contributed by atoms with Gasteiger partial charge in [-0.05, 0) is 12.5 Å². The Labute approximate surface area is 118 Å². The Morgan fingerprint density at radius 2 is 2.00 bits per heavy atom. The fourth-order valence-electron chi connectivity index (χ4n) is 1.57. The molecule has 110 valence electrons. The molecule has 0 aromatic carbocycles. The SMILES string of the molecule is CCC.CCCC(C)(C)C(=O)NCc1ccncn1.[HH]. The van der Waals surface area contributed by atoms with Gasteiger partial charge in [-0.25, -0.2) is 9.97 Å². The number of carbonyl (C=O) groups excluding carboxylic acids is 1. The van der Waals surface area contributed by atoms with Gasteiger partial charge in [-0.2, -0.15) is 0 Å². The lowest BCUT2D eigenvalue weighted by Crippen LogP contribution is -2.36. The molecule has 0 aliphatic rings. The van der Waals surface area contributed by atoms with Gasteiger partial charge in [0.2, 0.25) is 5.91 Å². The normalized spacial score (nSPS) is 10.4. The van der Waals surface area contributed by atoms with Gasteiger partial charge in [0.25, 0.3) is 0 Å². The first-order chi connectivity index (χ1) is 8.97. The van der Waals surface area contributed by atoms with Crippen LogP contribution in [0, 0.1) is 5.41 Å². The summed E-state index contributed by atoms with van der Waals surface area (Å²) in [6.07, 6.45) is 6.31. The van der Waals surface area contributed by atoms with Gasteiger partial charge in [0, 0.05) is 13.0 Å². The molecule has 0 saturated carbocycles. The molecule has 0 fully saturated rings. The molecule has 1 heterocycles. The quantitative estimate of drug-likeness (QED) is 0.887. The number of amides is 1. The summed E-state index contributed by atoms with van der Waals surface area (Å²) < 4.78 is 0. The van der Waals surface area contributed by atoms with Gasteiger partial charge in [-0.15, -0.1) is 0 Å². The first-order valence-corrected chi connectivity index (χ1v) is 7.01. The highest BCUT2D eigenvalue weighted by molar-refractivity contribution is 5.81.